The van der Waals surface area contributed by atoms with Crippen LogP contribution in [0.1, 0.15) is 17.2 Å². The van der Waals surface area contributed by atoms with Crippen molar-refractivity contribution in [3.8, 4) is 36.2 Å². The number of ether oxygens (including phenoxy) is 3. The van der Waals surface area contributed by atoms with E-state index in [4.69, 9.17) is 50.3 Å². The molecule has 1 atom stereocenters. The van der Waals surface area contributed by atoms with E-state index in [9.17, 15) is 4.79 Å². The van der Waals surface area contributed by atoms with E-state index in [1.807, 2.05) is 12.1 Å². The summed E-state index contributed by atoms with van der Waals surface area (Å²) < 4.78 is 16.3. The standard InChI is InChI=1S/C23H21Cl2NO4/c1-4-12-29-20-9-6-16(14-21(20)28-3)10-11-26-23(27)22(30-13-5-2)17-7-8-18(24)19(25)15-17/h1-2,6-9,14-15,22H,10-13H2,3H3,(H,26,27)/t22-/m0/s1. The van der Waals surface area contributed by atoms with Crippen LogP contribution in [0, 0.1) is 24.7 Å². The predicted octanol–water partition coefficient (Wildman–Crippen LogP) is 4.06. The first kappa shape index (κ1) is 23.4. The molecule has 2 aromatic carbocycles. The van der Waals surface area contributed by atoms with Gasteiger partial charge in [-0.3, -0.25) is 4.79 Å². The molecule has 0 aromatic heterocycles. The zero-order valence-electron chi connectivity index (χ0n) is 16.4. The van der Waals surface area contributed by atoms with E-state index in [0.717, 1.165) is 5.56 Å². The molecule has 0 aliphatic rings. The third-order valence-corrected chi connectivity index (χ3v) is 4.81. The summed E-state index contributed by atoms with van der Waals surface area (Å²) in [6.45, 7) is 0.512. The smallest absolute Gasteiger partial charge is 0.253 e. The fourth-order valence-corrected chi connectivity index (χ4v) is 2.97. The molecule has 0 fully saturated rings. The first-order chi connectivity index (χ1) is 14.5. The second-order valence-electron chi connectivity index (χ2n) is 6.09. The predicted molar refractivity (Wildman–Crippen MR) is 118 cm³/mol. The highest BCUT2D eigenvalue weighted by molar-refractivity contribution is 6.42. The van der Waals surface area contributed by atoms with Crippen LogP contribution in [0.2, 0.25) is 10.0 Å². The number of carbonyl (C=O) groups excluding carboxylic acids is 1. The minimum atomic E-state index is -0.898. The first-order valence-corrected chi connectivity index (χ1v) is 9.76. The van der Waals surface area contributed by atoms with Gasteiger partial charge in [0.05, 0.1) is 17.2 Å². The van der Waals surface area contributed by atoms with E-state index in [2.05, 4.69) is 17.2 Å². The largest absolute Gasteiger partial charge is 0.493 e. The Bertz CT molecular complexity index is 963. The Labute approximate surface area is 186 Å². The van der Waals surface area contributed by atoms with Gasteiger partial charge < -0.3 is 19.5 Å². The number of amides is 1. The molecule has 0 unspecified atom stereocenters. The fourth-order valence-electron chi connectivity index (χ4n) is 2.66. The minimum Gasteiger partial charge on any atom is -0.493 e. The zero-order valence-corrected chi connectivity index (χ0v) is 17.9. The number of hydrogen-bond acceptors (Lipinski definition) is 4. The van der Waals surface area contributed by atoms with Crippen LogP contribution in [0.25, 0.3) is 0 Å². The lowest BCUT2D eigenvalue weighted by Gasteiger charge is -2.17. The third-order valence-electron chi connectivity index (χ3n) is 4.07. The van der Waals surface area contributed by atoms with Crippen LogP contribution in [0.3, 0.4) is 0 Å². The van der Waals surface area contributed by atoms with Gasteiger partial charge in [0.2, 0.25) is 0 Å². The van der Waals surface area contributed by atoms with Crippen molar-refractivity contribution < 1.29 is 19.0 Å². The van der Waals surface area contributed by atoms with Crippen LogP contribution < -0.4 is 14.8 Å². The highest BCUT2D eigenvalue weighted by Crippen LogP contribution is 2.29. The molecule has 0 aliphatic carbocycles. The van der Waals surface area contributed by atoms with Crippen LogP contribution in [-0.4, -0.2) is 32.8 Å². The molecule has 0 heterocycles. The SMILES string of the molecule is C#CCOc1ccc(CCNC(=O)[C@@H](OCC#C)c2ccc(Cl)c(Cl)c2)cc1OC. The molecule has 0 radical (unpaired) electrons. The van der Waals surface area contributed by atoms with Gasteiger partial charge in [0.25, 0.3) is 5.91 Å². The van der Waals surface area contributed by atoms with E-state index in [1.54, 1.807) is 31.4 Å². The Morgan fingerprint density at radius 3 is 2.50 bits per heavy atom. The summed E-state index contributed by atoms with van der Waals surface area (Å²) in [5.74, 6) is 5.57. The van der Waals surface area contributed by atoms with Gasteiger partial charge in [-0.15, -0.1) is 12.8 Å². The summed E-state index contributed by atoms with van der Waals surface area (Å²) in [7, 11) is 1.55. The molecule has 2 rings (SSSR count). The molecule has 0 aliphatic heterocycles. The van der Waals surface area contributed by atoms with Gasteiger partial charge in [-0.1, -0.05) is 47.2 Å². The van der Waals surface area contributed by atoms with E-state index < -0.39 is 6.10 Å². The van der Waals surface area contributed by atoms with Gasteiger partial charge in [0.1, 0.15) is 13.2 Å². The van der Waals surface area contributed by atoms with Gasteiger partial charge >= 0.3 is 0 Å². The maximum atomic E-state index is 12.7. The fraction of sp³-hybridized carbons (Fsp3) is 0.261. The quantitative estimate of drug-likeness (QED) is 0.560. The van der Waals surface area contributed by atoms with Gasteiger partial charge in [-0.05, 0) is 41.8 Å². The van der Waals surface area contributed by atoms with Crippen molar-refractivity contribution in [3.63, 3.8) is 0 Å². The van der Waals surface area contributed by atoms with Crippen molar-refractivity contribution in [1.29, 1.82) is 0 Å². The van der Waals surface area contributed by atoms with Crippen LogP contribution in [0.4, 0.5) is 0 Å². The van der Waals surface area contributed by atoms with Gasteiger partial charge in [0.15, 0.2) is 17.6 Å². The normalized spacial score (nSPS) is 11.1. The summed E-state index contributed by atoms with van der Waals surface area (Å²) in [6.07, 6.45) is 10.2. The average Bonchev–Trinajstić information content (AvgIpc) is 2.75. The summed E-state index contributed by atoms with van der Waals surface area (Å²) >= 11 is 12.0. The molecule has 0 spiro atoms. The maximum Gasteiger partial charge on any atom is 0.253 e. The van der Waals surface area contributed by atoms with E-state index in [1.165, 1.54) is 0 Å². The zero-order chi connectivity index (χ0) is 21.9. The highest BCUT2D eigenvalue weighted by Gasteiger charge is 2.22. The number of methoxy groups -OCH3 is 1. The van der Waals surface area contributed by atoms with Crippen LogP contribution >= 0.6 is 23.2 Å². The molecule has 0 saturated carbocycles. The monoisotopic (exact) mass is 445 g/mol. The maximum absolute atomic E-state index is 12.7. The lowest BCUT2D eigenvalue weighted by Crippen LogP contribution is -2.32. The second-order valence-corrected chi connectivity index (χ2v) is 6.90. The number of halogens is 2. The molecule has 156 valence electrons. The van der Waals surface area contributed by atoms with E-state index in [0.29, 0.717) is 40.1 Å². The lowest BCUT2D eigenvalue weighted by molar-refractivity contribution is -0.132. The van der Waals surface area contributed by atoms with E-state index in [-0.39, 0.29) is 19.1 Å². The molecule has 1 amide bonds. The van der Waals surface area contributed by atoms with Crippen molar-refractivity contribution in [2.45, 2.75) is 12.5 Å². The number of terminal acetylenes is 2. The van der Waals surface area contributed by atoms with Crippen molar-refractivity contribution >= 4 is 29.1 Å². The van der Waals surface area contributed by atoms with Crippen molar-refractivity contribution in [2.75, 3.05) is 26.9 Å². The number of nitrogens with one attached hydrogen (secondary N) is 1. The van der Waals surface area contributed by atoms with Crippen molar-refractivity contribution in [2.24, 2.45) is 0 Å². The molecule has 1 N–H and O–H groups in total. The molecule has 30 heavy (non-hydrogen) atoms. The minimum absolute atomic E-state index is 0.0192. The number of carbonyl (C=O) groups is 1. The number of rotatable bonds is 10. The summed E-state index contributed by atoms with van der Waals surface area (Å²) in [6, 6.07) is 10.4. The Morgan fingerprint density at radius 2 is 1.83 bits per heavy atom. The first-order valence-electron chi connectivity index (χ1n) is 9.01. The second kappa shape index (κ2) is 12.0. The summed E-state index contributed by atoms with van der Waals surface area (Å²) in [4.78, 5) is 12.7. The van der Waals surface area contributed by atoms with Gasteiger partial charge in [-0.2, -0.15) is 0 Å². The van der Waals surface area contributed by atoms with Crippen molar-refractivity contribution in [3.05, 3.63) is 57.6 Å². The molecular formula is C23H21Cl2NO4. The summed E-state index contributed by atoms with van der Waals surface area (Å²) in [5.41, 5.74) is 1.52. The van der Waals surface area contributed by atoms with Crippen LogP contribution in [-0.2, 0) is 16.0 Å². The molecule has 7 heteroatoms. The average molecular weight is 446 g/mol. The molecular weight excluding hydrogens is 425 g/mol. The topological polar surface area (TPSA) is 56.8 Å². The molecule has 5 nitrogen and oxygen atoms in total. The number of hydrogen-bond donors (Lipinski definition) is 1. The Morgan fingerprint density at radius 1 is 1.07 bits per heavy atom. The van der Waals surface area contributed by atoms with Crippen molar-refractivity contribution in [1.82, 2.24) is 5.32 Å². The number of benzene rings is 2. The Balaban J connectivity index is 2.02. The summed E-state index contributed by atoms with van der Waals surface area (Å²) in [5, 5.41) is 3.57. The third kappa shape index (κ3) is 6.61. The van der Waals surface area contributed by atoms with Crippen LogP contribution in [0.5, 0.6) is 11.5 Å². The molecule has 0 saturated heterocycles. The Hall–Kier alpha value is -2.83. The lowest BCUT2D eigenvalue weighted by atomic mass is 10.1. The Kier molecular flexibility index (Phi) is 9.38. The highest BCUT2D eigenvalue weighted by atomic mass is 35.5. The van der Waals surface area contributed by atoms with E-state index >= 15 is 0 Å². The molecule has 0 bridgehead atoms. The van der Waals surface area contributed by atoms with Gasteiger partial charge in [0, 0.05) is 6.54 Å². The van der Waals surface area contributed by atoms with Crippen LogP contribution in [0.15, 0.2) is 36.4 Å². The van der Waals surface area contributed by atoms with Gasteiger partial charge in [-0.25, -0.2) is 0 Å². The molecule has 2 aromatic rings.